The molecule has 2 heterocycles. The van der Waals surface area contributed by atoms with E-state index in [2.05, 4.69) is 9.97 Å². The quantitative estimate of drug-likeness (QED) is 0.741. The van der Waals surface area contributed by atoms with Crippen molar-refractivity contribution in [3.8, 4) is 0 Å². The molecule has 0 bridgehead atoms. The first-order chi connectivity index (χ1) is 12.6. The van der Waals surface area contributed by atoms with Crippen LogP contribution in [0, 0.1) is 0 Å². The summed E-state index contributed by atoms with van der Waals surface area (Å²) in [6, 6.07) is 19.2. The largest absolute Gasteiger partial charge is 0.477 e. The summed E-state index contributed by atoms with van der Waals surface area (Å²) < 4.78 is 0. The second-order valence-corrected chi connectivity index (χ2v) is 5.67. The SMILES string of the molecule is O=C(O)c1cccc(CN(Cc2ccccn2)C(=O)c2ccccc2)n1. The van der Waals surface area contributed by atoms with Crippen LogP contribution in [-0.4, -0.2) is 31.9 Å². The minimum absolute atomic E-state index is 0.0487. The van der Waals surface area contributed by atoms with Crippen LogP contribution in [0.2, 0.25) is 0 Å². The molecule has 0 atom stereocenters. The number of carboxylic acids is 1. The van der Waals surface area contributed by atoms with E-state index >= 15 is 0 Å². The molecule has 6 nitrogen and oxygen atoms in total. The van der Waals surface area contributed by atoms with Gasteiger partial charge in [0.15, 0.2) is 0 Å². The van der Waals surface area contributed by atoms with Crippen LogP contribution < -0.4 is 0 Å². The van der Waals surface area contributed by atoms with Gasteiger partial charge in [0.1, 0.15) is 5.69 Å². The van der Waals surface area contributed by atoms with Crippen molar-refractivity contribution in [3.05, 3.63) is 95.6 Å². The van der Waals surface area contributed by atoms with Crippen molar-refractivity contribution in [1.82, 2.24) is 14.9 Å². The number of amides is 1. The van der Waals surface area contributed by atoms with Crippen molar-refractivity contribution in [3.63, 3.8) is 0 Å². The number of hydrogen-bond donors (Lipinski definition) is 1. The average molecular weight is 347 g/mol. The molecule has 1 amide bonds. The van der Waals surface area contributed by atoms with Crippen molar-refractivity contribution in [2.45, 2.75) is 13.1 Å². The van der Waals surface area contributed by atoms with Gasteiger partial charge in [-0.1, -0.05) is 30.3 Å². The molecule has 0 radical (unpaired) electrons. The molecule has 0 unspecified atom stereocenters. The standard InChI is InChI=1S/C20H17N3O3/c24-19(15-7-2-1-3-8-15)23(13-16-9-4-5-12-21-16)14-17-10-6-11-18(22-17)20(25)26/h1-12H,13-14H2,(H,25,26). The van der Waals surface area contributed by atoms with Crippen LogP contribution in [0.4, 0.5) is 0 Å². The van der Waals surface area contributed by atoms with Crippen molar-refractivity contribution in [2.24, 2.45) is 0 Å². The molecular weight excluding hydrogens is 330 g/mol. The average Bonchev–Trinajstić information content (AvgIpc) is 2.68. The summed E-state index contributed by atoms with van der Waals surface area (Å²) in [4.78, 5) is 34.1. The van der Waals surface area contributed by atoms with Crippen LogP contribution >= 0.6 is 0 Å². The van der Waals surface area contributed by atoms with Gasteiger partial charge in [0.05, 0.1) is 24.5 Å². The maximum absolute atomic E-state index is 12.9. The van der Waals surface area contributed by atoms with E-state index in [4.69, 9.17) is 5.11 Å². The lowest BCUT2D eigenvalue weighted by Gasteiger charge is -2.22. The predicted octanol–water partition coefficient (Wildman–Crippen LogP) is 3.02. The Labute approximate surface area is 150 Å². The Hall–Kier alpha value is -3.54. The molecule has 1 N–H and O–H groups in total. The maximum atomic E-state index is 12.9. The molecule has 3 rings (SSSR count). The van der Waals surface area contributed by atoms with Gasteiger partial charge < -0.3 is 10.0 Å². The minimum atomic E-state index is -1.10. The highest BCUT2D eigenvalue weighted by Crippen LogP contribution is 2.13. The fourth-order valence-electron chi connectivity index (χ4n) is 2.53. The normalized spacial score (nSPS) is 10.3. The molecule has 0 aliphatic rings. The number of nitrogens with zero attached hydrogens (tertiary/aromatic N) is 3. The number of carbonyl (C=O) groups is 2. The number of aromatic nitrogens is 2. The molecule has 0 saturated carbocycles. The first-order valence-electron chi connectivity index (χ1n) is 8.07. The zero-order chi connectivity index (χ0) is 18.4. The highest BCUT2D eigenvalue weighted by Gasteiger charge is 2.18. The van der Waals surface area contributed by atoms with E-state index in [1.807, 2.05) is 24.3 Å². The van der Waals surface area contributed by atoms with Crippen LogP contribution in [0.5, 0.6) is 0 Å². The van der Waals surface area contributed by atoms with E-state index in [9.17, 15) is 9.59 Å². The summed E-state index contributed by atoms with van der Waals surface area (Å²) in [6.07, 6.45) is 1.67. The molecule has 26 heavy (non-hydrogen) atoms. The van der Waals surface area contributed by atoms with Crippen molar-refractivity contribution in [2.75, 3.05) is 0 Å². The zero-order valence-electron chi connectivity index (χ0n) is 13.9. The van der Waals surface area contributed by atoms with Gasteiger partial charge >= 0.3 is 5.97 Å². The van der Waals surface area contributed by atoms with Gasteiger partial charge in [0, 0.05) is 11.8 Å². The van der Waals surface area contributed by atoms with Gasteiger partial charge in [-0.2, -0.15) is 0 Å². The molecule has 0 spiro atoms. The number of carbonyl (C=O) groups excluding carboxylic acids is 1. The van der Waals surface area contributed by atoms with Gasteiger partial charge in [0.2, 0.25) is 0 Å². The Balaban J connectivity index is 1.88. The smallest absolute Gasteiger partial charge is 0.354 e. The summed E-state index contributed by atoms with van der Waals surface area (Å²) in [5, 5.41) is 9.11. The molecule has 2 aromatic heterocycles. The predicted molar refractivity (Wildman–Crippen MR) is 95.5 cm³/mol. The van der Waals surface area contributed by atoms with Crippen LogP contribution in [0.1, 0.15) is 32.2 Å². The lowest BCUT2D eigenvalue weighted by Crippen LogP contribution is -2.31. The van der Waals surface area contributed by atoms with Crippen LogP contribution in [0.15, 0.2) is 72.9 Å². The Kier molecular flexibility index (Phi) is 5.34. The van der Waals surface area contributed by atoms with Crippen molar-refractivity contribution in [1.29, 1.82) is 0 Å². The second-order valence-electron chi connectivity index (χ2n) is 5.67. The summed E-state index contributed by atoms with van der Waals surface area (Å²) in [7, 11) is 0. The molecule has 0 saturated heterocycles. The van der Waals surface area contributed by atoms with Crippen molar-refractivity contribution >= 4 is 11.9 Å². The molecule has 3 aromatic rings. The topological polar surface area (TPSA) is 83.4 Å². The Morgan fingerprint density at radius 2 is 1.54 bits per heavy atom. The minimum Gasteiger partial charge on any atom is -0.477 e. The van der Waals surface area contributed by atoms with E-state index in [0.717, 1.165) is 5.69 Å². The Morgan fingerprint density at radius 3 is 2.23 bits per heavy atom. The van der Waals surface area contributed by atoms with Gasteiger partial charge in [-0.3, -0.25) is 9.78 Å². The highest BCUT2D eigenvalue weighted by molar-refractivity contribution is 5.94. The first kappa shape index (κ1) is 17.3. The Morgan fingerprint density at radius 1 is 0.846 bits per heavy atom. The molecule has 6 heteroatoms. The number of benzene rings is 1. The Bertz CT molecular complexity index is 898. The molecule has 0 fully saturated rings. The summed E-state index contributed by atoms with van der Waals surface area (Å²) in [6.45, 7) is 0.485. The fraction of sp³-hybridized carbons (Fsp3) is 0.100. The third-order valence-corrected chi connectivity index (χ3v) is 3.77. The summed E-state index contributed by atoms with van der Waals surface area (Å²) >= 11 is 0. The van der Waals surface area contributed by atoms with E-state index in [-0.39, 0.29) is 18.1 Å². The first-order valence-corrected chi connectivity index (χ1v) is 8.07. The highest BCUT2D eigenvalue weighted by atomic mass is 16.4. The number of carboxylic acid groups (broad SMARTS) is 1. The zero-order valence-corrected chi connectivity index (χ0v) is 13.9. The lowest BCUT2D eigenvalue weighted by atomic mass is 10.2. The molecule has 0 aliphatic heterocycles. The monoisotopic (exact) mass is 347 g/mol. The lowest BCUT2D eigenvalue weighted by molar-refractivity contribution is 0.0690. The summed E-state index contributed by atoms with van der Waals surface area (Å²) in [5.41, 5.74) is 1.75. The van der Waals surface area contributed by atoms with Crippen LogP contribution in [0.3, 0.4) is 0 Å². The van der Waals surface area contributed by atoms with Crippen molar-refractivity contribution < 1.29 is 14.7 Å². The molecule has 1 aromatic carbocycles. The van der Waals surface area contributed by atoms with Crippen LogP contribution in [0.25, 0.3) is 0 Å². The maximum Gasteiger partial charge on any atom is 0.354 e. The number of hydrogen-bond acceptors (Lipinski definition) is 4. The molecule has 0 aliphatic carbocycles. The number of aromatic carboxylic acids is 1. The molecular formula is C20H17N3O3. The molecule has 130 valence electrons. The number of pyridine rings is 2. The van der Waals surface area contributed by atoms with E-state index < -0.39 is 5.97 Å². The van der Waals surface area contributed by atoms with E-state index in [1.165, 1.54) is 6.07 Å². The third-order valence-electron chi connectivity index (χ3n) is 3.77. The summed E-state index contributed by atoms with van der Waals surface area (Å²) in [5.74, 6) is -1.27. The van der Waals surface area contributed by atoms with E-state index in [0.29, 0.717) is 17.8 Å². The van der Waals surface area contributed by atoms with Gasteiger partial charge in [-0.25, -0.2) is 9.78 Å². The second kappa shape index (κ2) is 8.02. The van der Waals surface area contributed by atoms with Gasteiger partial charge in [0.25, 0.3) is 5.91 Å². The number of rotatable bonds is 6. The van der Waals surface area contributed by atoms with Crippen LogP contribution in [-0.2, 0) is 13.1 Å². The van der Waals surface area contributed by atoms with Gasteiger partial charge in [-0.05, 0) is 36.4 Å². The van der Waals surface area contributed by atoms with E-state index in [1.54, 1.807) is 47.5 Å². The third kappa shape index (κ3) is 4.30. The fourth-order valence-corrected chi connectivity index (χ4v) is 2.53. The van der Waals surface area contributed by atoms with Gasteiger partial charge in [-0.15, -0.1) is 0 Å².